The molecule has 0 saturated carbocycles. The van der Waals surface area contributed by atoms with Gasteiger partial charge >= 0.3 is 0 Å². The van der Waals surface area contributed by atoms with Gasteiger partial charge in [-0.2, -0.15) is 0 Å². The average Bonchev–Trinajstić information content (AvgIpc) is 2.63. The Morgan fingerprint density at radius 3 is 1.75 bits per heavy atom. The zero-order chi connectivity index (χ0) is 18.5. The molecule has 0 radical (unpaired) electrons. The average molecular weight is 371 g/mol. The lowest BCUT2D eigenvalue weighted by Crippen LogP contribution is -2.36. The zero-order valence-electron chi connectivity index (χ0n) is 17.2. The number of hydrogen-bond acceptors (Lipinski definition) is 2. The van der Waals surface area contributed by atoms with Gasteiger partial charge in [0.25, 0.3) is 0 Å². The summed E-state index contributed by atoms with van der Waals surface area (Å²) in [7, 11) is -2.95. The molecule has 0 N–H and O–H groups in total. The summed E-state index contributed by atoms with van der Waals surface area (Å²) in [6.07, 6.45) is 7.72. The topological polar surface area (TPSA) is 18.5 Å². The van der Waals surface area contributed by atoms with Gasteiger partial charge in [-0.15, -0.1) is 0 Å². The van der Waals surface area contributed by atoms with E-state index in [9.17, 15) is 0 Å². The molecule has 0 bridgehead atoms. The van der Waals surface area contributed by atoms with E-state index in [0.717, 1.165) is 25.2 Å². The van der Waals surface area contributed by atoms with Gasteiger partial charge in [-0.1, -0.05) is 54.2 Å². The quantitative estimate of drug-likeness (QED) is 0.131. The van der Waals surface area contributed by atoms with Crippen LogP contribution in [0, 0.1) is 0 Å². The Kier molecular flexibility index (Phi) is 12.8. The second kappa shape index (κ2) is 13.0. The van der Waals surface area contributed by atoms with E-state index in [1.54, 1.807) is 0 Å². The predicted molar refractivity (Wildman–Crippen MR) is 114 cm³/mol. The molecule has 0 atom stereocenters. The number of unbranched alkanes of at least 4 members (excludes halogenated alkanes) is 2. The van der Waals surface area contributed by atoms with Crippen molar-refractivity contribution in [3.05, 3.63) is 24.5 Å². The molecule has 0 aromatic rings. The zero-order valence-corrected chi connectivity index (χ0v) is 19.2. The highest BCUT2D eigenvalue weighted by Gasteiger charge is 2.30. The fourth-order valence-corrected chi connectivity index (χ4v) is 8.45. The smallest absolute Gasteiger partial charge is 0.250 e. The van der Waals surface area contributed by atoms with Gasteiger partial charge in [0.2, 0.25) is 8.32 Å². The van der Waals surface area contributed by atoms with E-state index in [2.05, 4.69) is 60.3 Å². The fourth-order valence-electron chi connectivity index (χ4n) is 3.20. The Bertz CT molecular complexity index is 342. The number of allylic oxidation sites excluding steroid dienone is 2. The van der Waals surface area contributed by atoms with Gasteiger partial charge in [0, 0.05) is 6.61 Å². The minimum atomic E-state index is -1.56. The summed E-state index contributed by atoms with van der Waals surface area (Å²) in [5.74, 6) is 0.859. The van der Waals surface area contributed by atoms with Crippen molar-refractivity contribution in [1.29, 1.82) is 0 Å². The highest BCUT2D eigenvalue weighted by molar-refractivity contribution is 6.74. The van der Waals surface area contributed by atoms with Gasteiger partial charge in [-0.3, -0.25) is 0 Å². The Labute approximate surface area is 154 Å². The minimum Gasteiger partial charge on any atom is -0.544 e. The van der Waals surface area contributed by atoms with Crippen LogP contribution in [0.5, 0.6) is 0 Å². The first kappa shape index (κ1) is 23.7. The van der Waals surface area contributed by atoms with Crippen molar-refractivity contribution < 1.29 is 8.85 Å². The summed E-state index contributed by atoms with van der Waals surface area (Å²) in [6, 6.07) is 7.24. The third-order valence-corrected chi connectivity index (χ3v) is 14.9. The summed E-state index contributed by atoms with van der Waals surface area (Å²) in [4.78, 5) is 0. The monoisotopic (exact) mass is 370 g/mol. The molecule has 0 aliphatic rings. The van der Waals surface area contributed by atoms with Crippen molar-refractivity contribution in [2.24, 2.45) is 0 Å². The van der Waals surface area contributed by atoms with Gasteiger partial charge in [0.1, 0.15) is 0 Å². The molecule has 0 aromatic carbocycles. The maximum absolute atomic E-state index is 6.29. The molecule has 0 heterocycles. The second-order valence-electron chi connectivity index (χ2n) is 6.80. The van der Waals surface area contributed by atoms with Crippen molar-refractivity contribution in [2.75, 3.05) is 6.61 Å². The normalized spacial score (nSPS) is 12.8. The summed E-state index contributed by atoms with van der Waals surface area (Å²) >= 11 is 0. The summed E-state index contributed by atoms with van der Waals surface area (Å²) in [6.45, 7) is 18.7. The van der Waals surface area contributed by atoms with Crippen molar-refractivity contribution in [3.8, 4) is 0 Å². The van der Waals surface area contributed by atoms with Gasteiger partial charge in [0.15, 0.2) is 8.32 Å². The van der Waals surface area contributed by atoms with Gasteiger partial charge < -0.3 is 8.85 Å². The maximum Gasteiger partial charge on any atom is 0.250 e. The van der Waals surface area contributed by atoms with Crippen molar-refractivity contribution in [2.45, 2.75) is 97.1 Å². The van der Waals surface area contributed by atoms with Crippen LogP contribution in [0.15, 0.2) is 24.5 Å². The lowest BCUT2D eigenvalue weighted by molar-refractivity contribution is 0.290. The summed E-state index contributed by atoms with van der Waals surface area (Å²) in [5, 5.41) is 0. The lowest BCUT2D eigenvalue weighted by atomic mass is 10.2. The first-order chi connectivity index (χ1) is 11.5. The van der Waals surface area contributed by atoms with Gasteiger partial charge in [-0.25, -0.2) is 0 Å². The minimum absolute atomic E-state index is 0.859. The Morgan fingerprint density at radius 1 is 0.792 bits per heavy atom. The first-order valence-corrected chi connectivity index (χ1v) is 15.2. The molecular formula is C20H42O2Si2. The van der Waals surface area contributed by atoms with Gasteiger partial charge in [0.05, 0.1) is 5.76 Å². The van der Waals surface area contributed by atoms with E-state index in [1.807, 2.05) is 0 Å². The molecule has 24 heavy (non-hydrogen) atoms. The molecule has 0 aliphatic heterocycles. The number of rotatable bonds is 15. The standard InChI is InChI=1S/C20H42O2Si2/c1-8-23(9-2,10-3)21-19-17-15-14-16-18-20(7)22-24(11-4,12-5)13-6/h16,18H,7-15,17,19H2,1-6H3/b18-16+. The molecule has 4 heteroatoms. The molecule has 0 spiro atoms. The highest BCUT2D eigenvalue weighted by atomic mass is 28.4. The Hall–Kier alpha value is -0.326. The van der Waals surface area contributed by atoms with E-state index < -0.39 is 16.6 Å². The van der Waals surface area contributed by atoms with Crippen LogP contribution in [0.1, 0.15) is 60.8 Å². The van der Waals surface area contributed by atoms with Crippen LogP contribution in [0.3, 0.4) is 0 Å². The highest BCUT2D eigenvalue weighted by Crippen LogP contribution is 2.25. The van der Waals surface area contributed by atoms with Gasteiger partial charge in [-0.05, 0) is 61.6 Å². The molecular weight excluding hydrogens is 328 g/mol. The van der Waals surface area contributed by atoms with Crippen molar-refractivity contribution >= 4 is 16.6 Å². The molecule has 0 fully saturated rings. The molecule has 0 aromatic heterocycles. The third kappa shape index (κ3) is 8.17. The molecule has 0 amide bonds. The molecule has 0 unspecified atom stereocenters. The van der Waals surface area contributed by atoms with E-state index in [4.69, 9.17) is 8.85 Å². The van der Waals surface area contributed by atoms with Crippen LogP contribution < -0.4 is 0 Å². The Morgan fingerprint density at radius 2 is 1.29 bits per heavy atom. The van der Waals surface area contributed by atoms with Crippen LogP contribution >= 0.6 is 0 Å². The fraction of sp³-hybridized carbons (Fsp3) is 0.800. The van der Waals surface area contributed by atoms with Crippen molar-refractivity contribution in [3.63, 3.8) is 0 Å². The maximum atomic E-state index is 6.29. The van der Waals surface area contributed by atoms with E-state index >= 15 is 0 Å². The second-order valence-corrected chi connectivity index (χ2v) is 16.3. The lowest BCUT2D eigenvalue weighted by Gasteiger charge is -2.29. The van der Waals surface area contributed by atoms with E-state index in [0.29, 0.717) is 0 Å². The Balaban J connectivity index is 4.03. The third-order valence-electron chi connectivity index (χ3n) is 5.69. The molecule has 142 valence electrons. The van der Waals surface area contributed by atoms with Crippen LogP contribution in [0.2, 0.25) is 36.3 Å². The predicted octanol–water partition coefficient (Wildman–Crippen LogP) is 7.27. The number of hydrogen-bond donors (Lipinski definition) is 0. The van der Waals surface area contributed by atoms with Crippen LogP contribution in [0.25, 0.3) is 0 Å². The molecule has 0 aliphatic carbocycles. The van der Waals surface area contributed by atoms with E-state index in [-0.39, 0.29) is 0 Å². The van der Waals surface area contributed by atoms with Crippen LogP contribution in [-0.2, 0) is 8.85 Å². The molecule has 0 rings (SSSR count). The van der Waals surface area contributed by atoms with Crippen LogP contribution in [-0.4, -0.2) is 23.2 Å². The SMILES string of the molecule is C=C(/C=C/CCCCO[Si](CC)(CC)CC)O[Si](CC)(CC)CC. The summed E-state index contributed by atoms with van der Waals surface area (Å²) < 4.78 is 12.5. The first-order valence-electron chi connectivity index (χ1n) is 10.1. The van der Waals surface area contributed by atoms with E-state index in [1.165, 1.54) is 42.7 Å². The molecule has 2 nitrogen and oxygen atoms in total. The van der Waals surface area contributed by atoms with Crippen molar-refractivity contribution in [1.82, 2.24) is 0 Å². The largest absolute Gasteiger partial charge is 0.544 e. The summed E-state index contributed by atoms with van der Waals surface area (Å²) in [5.41, 5.74) is 0. The van der Waals surface area contributed by atoms with Crippen LogP contribution in [0.4, 0.5) is 0 Å². The molecule has 0 saturated heterocycles.